The van der Waals surface area contributed by atoms with Crippen molar-refractivity contribution in [2.75, 3.05) is 0 Å². The van der Waals surface area contributed by atoms with E-state index in [0.717, 1.165) is 16.7 Å². The number of nitrogens with one attached hydrogen (secondary N) is 3. The first-order valence-electron chi connectivity index (χ1n) is 6.78. The number of rotatable bonds is 3. The zero-order valence-electron chi connectivity index (χ0n) is 11.6. The van der Waals surface area contributed by atoms with Gasteiger partial charge in [0, 0.05) is 0 Å². The molecule has 0 radical (unpaired) electrons. The lowest BCUT2D eigenvalue weighted by Crippen LogP contribution is -2.38. The molecule has 4 N–H and O–H groups in total. The Morgan fingerprint density at radius 3 is 2.14 bits per heavy atom. The van der Waals surface area contributed by atoms with Crippen molar-refractivity contribution < 1.29 is 9.90 Å². The fourth-order valence-electron chi connectivity index (χ4n) is 2.46. The van der Waals surface area contributed by atoms with Crippen LogP contribution in [-0.2, 0) is 4.79 Å². The van der Waals surface area contributed by atoms with Crippen molar-refractivity contribution >= 4 is 5.97 Å². The van der Waals surface area contributed by atoms with Gasteiger partial charge in [0.05, 0.1) is 17.7 Å². The van der Waals surface area contributed by atoms with E-state index in [4.69, 9.17) is 10.4 Å². The summed E-state index contributed by atoms with van der Waals surface area (Å²) in [6, 6.07) is 16.0. The summed E-state index contributed by atoms with van der Waals surface area (Å²) in [5.41, 5.74) is 11.7. The molecule has 0 amide bonds. The van der Waals surface area contributed by atoms with Gasteiger partial charge >= 0.3 is 5.97 Å². The lowest BCUT2D eigenvalue weighted by molar-refractivity contribution is -0.139. The van der Waals surface area contributed by atoms with Gasteiger partial charge in [-0.2, -0.15) is 10.8 Å². The van der Waals surface area contributed by atoms with Gasteiger partial charge in [-0.3, -0.25) is 4.79 Å². The van der Waals surface area contributed by atoms with E-state index < -0.39 is 12.0 Å². The van der Waals surface area contributed by atoms with Crippen LogP contribution in [0.25, 0.3) is 11.1 Å². The SMILES string of the molecule is N#Cc1ccc(-c2ccc(C3NNNC3C(=O)O)cc2)cc1. The molecule has 2 aromatic carbocycles. The molecule has 1 saturated heterocycles. The molecule has 2 aromatic rings. The second-order valence-electron chi connectivity index (χ2n) is 5.02. The average Bonchev–Trinajstić information content (AvgIpc) is 3.05. The molecule has 6 heteroatoms. The van der Waals surface area contributed by atoms with Crippen LogP contribution in [0.5, 0.6) is 0 Å². The molecule has 0 bridgehead atoms. The van der Waals surface area contributed by atoms with Gasteiger partial charge in [-0.25, -0.2) is 10.9 Å². The molecule has 0 aliphatic carbocycles. The van der Waals surface area contributed by atoms with Crippen LogP contribution in [0.4, 0.5) is 0 Å². The highest BCUT2D eigenvalue weighted by molar-refractivity contribution is 5.75. The van der Waals surface area contributed by atoms with E-state index in [1.165, 1.54) is 0 Å². The smallest absolute Gasteiger partial charge is 0.324 e. The quantitative estimate of drug-likeness (QED) is 0.682. The Hall–Kier alpha value is -2.72. The maximum atomic E-state index is 11.2. The summed E-state index contributed by atoms with van der Waals surface area (Å²) in [7, 11) is 0. The number of hydrogen-bond donors (Lipinski definition) is 4. The molecule has 1 heterocycles. The van der Waals surface area contributed by atoms with Crippen LogP contribution in [0.1, 0.15) is 17.2 Å². The normalized spacial score (nSPS) is 20.5. The van der Waals surface area contributed by atoms with Crippen LogP contribution in [0.3, 0.4) is 0 Å². The number of benzene rings is 2. The fraction of sp³-hybridized carbons (Fsp3) is 0.125. The number of aliphatic carboxylic acids is 1. The Bertz CT molecular complexity index is 719. The van der Waals surface area contributed by atoms with E-state index >= 15 is 0 Å². The van der Waals surface area contributed by atoms with Crippen molar-refractivity contribution in [2.45, 2.75) is 12.1 Å². The minimum absolute atomic E-state index is 0.340. The fourth-order valence-corrected chi connectivity index (χ4v) is 2.46. The Morgan fingerprint density at radius 1 is 1.00 bits per heavy atom. The summed E-state index contributed by atoms with van der Waals surface area (Å²) in [5.74, 6) is -0.918. The summed E-state index contributed by atoms with van der Waals surface area (Å²) in [5, 5.41) is 18.0. The second-order valence-corrected chi connectivity index (χ2v) is 5.02. The molecule has 0 aromatic heterocycles. The van der Waals surface area contributed by atoms with Crippen LogP contribution in [0.2, 0.25) is 0 Å². The molecule has 1 fully saturated rings. The van der Waals surface area contributed by atoms with Crippen LogP contribution in [0.15, 0.2) is 48.5 Å². The minimum atomic E-state index is -0.918. The molecule has 110 valence electrons. The van der Waals surface area contributed by atoms with E-state index in [1.807, 2.05) is 36.4 Å². The average molecular weight is 294 g/mol. The Kier molecular flexibility index (Phi) is 3.85. The Labute approximate surface area is 127 Å². The van der Waals surface area contributed by atoms with E-state index in [9.17, 15) is 4.79 Å². The molecular formula is C16H14N4O2. The summed E-state index contributed by atoms with van der Waals surface area (Å²) >= 11 is 0. The topological polar surface area (TPSA) is 97.2 Å². The van der Waals surface area contributed by atoms with Crippen molar-refractivity contribution in [2.24, 2.45) is 0 Å². The van der Waals surface area contributed by atoms with Crippen molar-refractivity contribution in [1.29, 1.82) is 5.26 Å². The zero-order chi connectivity index (χ0) is 15.5. The molecule has 0 saturated carbocycles. The molecule has 1 aliphatic heterocycles. The number of carboxylic acid groups (broad SMARTS) is 1. The third-order valence-electron chi connectivity index (χ3n) is 3.67. The van der Waals surface area contributed by atoms with Gasteiger partial charge in [0.1, 0.15) is 6.04 Å². The van der Waals surface area contributed by atoms with Crippen molar-refractivity contribution in [3.05, 3.63) is 59.7 Å². The number of hydrogen-bond acceptors (Lipinski definition) is 5. The Balaban J connectivity index is 1.83. The minimum Gasteiger partial charge on any atom is -0.480 e. The highest BCUT2D eigenvalue weighted by atomic mass is 16.4. The van der Waals surface area contributed by atoms with E-state index in [1.54, 1.807) is 12.1 Å². The van der Waals surface area contributed by atoms with Crippen LogP contribution < -0.4 is 16.4 Å². The van der Waals surface area contributed by atoms with Gasteiger partial charge in [-0.05, 0) is 28.8 Å². The van der Waals surface area contributed by atoms with Crippen LogP contribution >= 0.6 is 0 Å². The summed E-state index contributed by atoms with van der Waals surface area (Å²) < 4.78 is 0. The number of carboxylic acids is 1. The van der Waals surface area contributed by atoms with Gasteiger partial charge in [0.2, 0.25) is 0 Å². The Morgan fingerprint density at radius 2 is 1.59 bits per heavy atom. The predicted molar refractivity (Wildman–Crippen MR) is 80.2 cm³/mol. The second kappa shape index (κ2) is 5.95. The maximum Gasteiger partial charge on any atom is 0.324 e. The van der Waals surface area contributed by atoms with Gasteiger partial charge < -0.3 is 5.11 Å². The first-order valence-corrected chi connectivity index (χ1v) is 6.78. The molecule has 6 nitrogen and oxygen atoms in total. The molecular weight excluding hydrogens is 280 g/mol. The number of hydrazine groups is 2. The van der Waals surface area contributed by atoms with Crippen molar-refractivity contribution in [1.82, 2.24) is 16.4 Å². The molecule has 0 spiro atoms. The molecule has 2 atom stereocenters. The zero-order valence-corrected chi connectivity index (χ0v) is 11.6. The summed E-state index contributed by atoms with van der Waals surface area (Å²) in [4.78, 5) is 11.2. The monoisotopic (exact) mass is 294 g/mol. The van der Waals surface area contributed by atoms with Crippen LogP contribution in [0, 0.1) is 11.3 Å². The van der Waals surface area contributed by atoms with Crippen molar-refractivity contribution in [3.8, 4) is 17.2 Å². The number of carbonyl (C=O) groups is 1. The molecule has 3 rings (SSSR count). The lowest BCUT2D eigenvalue weighted by atomic mass is 9.97. The molecule has 2 unspecified atom stereocenters. The van der Waals surface area contributed by atoms with Gasteiger partial charge in [-0.15, -0.1) is 0 Å². The standard InChI is InChI=1S/C16H14N4O2/c17-9-10-1-3-11(4-2-10)12-5-7-13(8-6-12)14-15(16(21)22)19-20-18-14/h1-8,14-15,18-20H,(H,21,22). The maximum absolute atomic E-state index is 11.2. The predicted octanol–water partition coefficient (Wildman–Crippen LogP) is 1.33. The largest absolute Gasteiger partial charge is 0.480 e. The van der Waals surface area contributed by atoms with Crippen LogP contribution in [-0.4, -0.2) is 17.1 Å². The first kappa shape index (κ1) is 14.2. The highest BCUT2D eigenvalue weighted by Gasteiger charge is 2.33. The van der Waals surface area contributed by atoms with Gasteiger partial charge in [-0.1, -0.05) is 36.4 Å². The number of nitriles is 1. The highest BCUT2D eigenvalue weighted by Crippen LogP contribution is 2.24. The van der Waals surface area contributed by atoms with Crippen molar-refractivity contribution in [3.63, 3.8) is 0 Å². The third kappa shape index (κ3) is 2.69. The molecule has 22 heavy (non-hydrogen) atoms. The third-order valence-corrected chi connectivity index (χ3v) is 3.67. The van der Waals surface area contributed by atoms with E-state index in [0.29, 0.717) is 5.56 Å². The number of nitrogens with zero attached hydrogens (tertiary/aromatic N) is 1. The van der Waals surface area contributed by atoms with E-state index in [2.05, 4.69) is 22.5 Å². The molecule has 1 aliphatic rings. The van der Waals surface area contributed by atoms with Gasteiger partial charge in [0.25, 0.3) is 0 Å². The van der Waals surface area contributed by atoms with Gasteiger partial charge in [0.15, 0.2) is 0 Å². The lowest BCUT2D eigenvalue weighted by Gasteiger charge is -2.15. The summed E-state index contributed by atoms with van der Waals surface area (Å²) in [6.45, 7) is 0. The first-order chi connectivity index (χ1) is 10.7. The van der Waals surface area contributed by atoms with E-state index in [-0.39, 0.29) is 6.04 Å². The summed E-state index contributed by atoms with van der Waals surface area (Å²) in [6.07, 6.45) is 0.